The van der Waals surface area contributed by atoms with Gasteiger partial charge in [-0.25, -0.2) is 8.42 Å². The molecule has 1 heterocycles. The first-order chi connectivity index (χ1) is 8.82. The van der Waals surface area contributed by atoms with E-state index < -0.39 is 10.0 Å². The predicted molar refractivity (Wildman–Crippen MR) is 80.0 cm³/mol. The summed E-state index contributed by atoms with van der Waals surface area (Å²) >= 11 is 9.17. The highest BCUT2D eigenvalue weighted by Gasteiger charge is 2.32. The van der Waals surface area contributed by atoms with Crippen LogP contribution in [0.1, 0.15) is 6.92 Å². The Morgan fingerprint density at radius 1 is 1.37 bits per heavy atom. The van der Waals surface area contributed by atoms with Gasteiger partial charge in [-0.05, 0) is 48.1 Å². The first-order valence-corrected chi connectivity index (χ1v) is 8.59. The molecule has 106 valence electrons. The third-order valence-corrected chi connectivity index (χ3v) is 6.49. The van der Waals surface area contributed by atoms with E-state index in [1.54, 1.807) is 22.5 Å². The number of sulfonamides is 1. The van der Waals surface area contributed by atoms with E-state index in [-0.39, 0.29) is 10.9 Å². The Balaban J connectivity index is 2.34. The van der Waals surface area contributed by atoms with Crippen molar-refractivity contribution in [2.24, 2.45) is 0 Å². The Labute approximate surface area is 127 Å². The zero-order valence-electron chi connectivity index (χ0n) is 10.8. The maximum Gasteiger partial charge on any atom is 0.243 e. The second-order valence-electron chi connectivity index (χ2n) is 4.80. The lowest BCUT2D eigenvalue weighted by Crippen LogP contribution is -2.52. The highest BCUT2D eigenvalue weighted by atomic mass is 79.9. The monoisotopic (exact) mass is 366 g/mol. The number of rotatable bonds is 2. The fraction of sp³-hybridized carbons (Fsp3) is 0.500. The topological polar surface area (TPSA) is 40.6 Å². The molecule has 0 aromatic heterocycles. The van der Waals surface area contributed by atoms with Crippen molar-refractivity contribution in [3.8, 4) is 0 Å². The third-order valence-electron chi connectivity index (χ3n) is 3.27. The minimum Gasteiger partial charge on any atom is -0.303 e. The molecule has 0 radical (unpaired) electrons. The summed E-state index contributed by atoms with van der Waals surface area (Å²) < 4.78 is 27.4. The van der Waals surface area contributed by atoms with Crippen LogP contribution in [0.2, 0.25) is 5.02 Å². The van der Waals surface area contributed by atoms with Crippen molar-refractivity contribution in [3.05, 3.63) is 27.7 Å². The number of piperazine rings is 1. The van der Waals surface area contributed by atoms with E-state index in [2.05, 4.69) is 20.8 Å². The highest BCUT2D eigenvalue weighted by molar-refractivity contribution is 9.10. The summed E-state index contributed by atoms with van der Waals surface area (Å²) in [6.45, 7) is 3.94. The summed E-state index contributed by atoms with van der Waals surface area (Å²) in [5.41, 5.74) is 0. The number of nitrogens with zero attached hydrogens (tertiary/aromatic N) is 2. The molecular formula is C12H16BrClN2O2S. The zero-order valence-corrected chi connectivity index (χ0v) is 14.0. The van der Waals surface area contributed by atoms with Gasteiger partial charge in [-0.3, -0.25) is 0 Å². The normalized spacial score (nSPS) is 22.6. The van der Waals surface area contributed by atoms with Crippen LogP contribution >= 0.6 is 27.5 Å². The Kier molecular flexibility index (Phi) is 4.57. The Morgan fingerprint density at radius 3 is 2.63 bits per heavy atom. The standard InChI is InChI=1S/C12H16BrClN2O2S/c1-9-8-15(2)5-6-16(9)19(17,18)10-3-4-12(14)11(13)7-10/h3-4,7,9H,5-6,8H2,1-2H3. The second-order valence-corrected chi connectivity index (χ2v) is 7.96. The Morgan fingerprint density at radius 2 is 2.05 bits per heavy atom. The van der Waals surface area contributed by atoms with Gasteiger partial charge < -0.3 is 4.90 Å². The molecule has 1 unspecified atom stereocenters. The summed E-state index contributed by atoms with van der Waals surface area (Å²) in [5.74, 6) is 0. The molecule has 1 fully saturated rings. The fourth-order valence-corrected chi connectivity index (χ4v) is 4.54. The average molecular weight is 368 g/mol. The zero-order chi connectivity index (χ0) is 14.2. The van der Waals surface area contributed by atoms with Crippen molar-refractivity contribution in [2.75, 3.05) is 26.7 Å². The molecule has 2 rings (SSSR count). The lowest BCUT2D eigenvalue weighted by atomic mass is 10.2. The molecule has 1 aromatic carbocycles. The molecule has 1 aliphatic rings. The van der Waals surface area contributed by atoms with E-state index >= 15 is 0 Å². The van der Waals surface area contributed by atoms with Gasteiger partial charge in [0, 0.05) is 30.1 Å². The lowest BCUT2D eigenvalue weighted by Gasteiger charge is -2.37. The predicted octanol–water partition coefficient (Wildman–Crippen LogP) is 2.43. The van der Waals surface area contributed by atoms with Crippen molar-refractivity contribution in [3.63, 3.8) is 0 Å². The molecule has 0 N–H and O–H groups in total. The fourth-order valence-electron chi connectivity index (χ4n) is 2.25. The van der Waals surface area contributed by atoms with E-state index in [4.69, 9.17) is 11.6 Å². The van der Waals surface area contributed by atoms with Crippen LogP contribution in [0.4, 0.5) is 0 Å². The van der Waals surface area contributed by atoms with Gasteiger partial charge >= 0.3 is 0 Å². The minimum atomic E-state index is -3.46. The average Bonchev–Trinajstić information content (AvgIpc) is 2.32. The number of benzene rings is 1. The summed E-state index contributed by atoms with van der Waals surface area (Å²) in [4.78, 5) is 2.41. The summed E-state index contributed by atoms with van der Waals surface area (Å²) in [5, 5.41) is 0.505. The summed E-state index contributed by atoms with van der Waals surface area (Å²) in [6.07, 6.45) is 0. The molecule has 0 amide bonds. The summed E-state index contributed by atoms with van der Waals surface area (Å²) in [6, 6.07) is 4.67. The van der Waals surface area contributed by atoms with Crippen molar-refractivity contribution >= 4 is 37.6 Å². The van der Waals surface area contributed by atoms with Crippen LogP contribution < -0.4 is 0 Å². The number of hydrogen-bond donors (Lipinski definition) is 0. The van der Waals surface area contributed by atoms with Gasteiger partial charge in [-0.2, -0.15) is 4.31 Å². The molecule has 1 saturated heterocycles. The quantitative estimate of drug-likeness (QED) is 0.806. The molecule has 0 bridgehead atoms. The van der Waals surface area contributed by atoms with Crippen LogP contribution in [0.3, 0.4) is 0 Å². The number of hydrogen-bond acceptors (Lipinski definition) is 3. The van der Waals surface area contributed by atoms with Crippen LogP contribution in [-0.2, 0) is 10.0 Å². The van der Waals surface area contributed by atoms with Gasteiger partial charge in [-0.1, -0.05) is 11.6 Å². The molecule has 1 atom stereocenters. The first kappa shape index (κ1) is 15.3. The van der Waals surface area contributed by atoms with E-state index in [1.165, 1.54) is 0 Å². The van der Waals surface area contributed by atoms with Crippen molar-refractivity contribution in [2.45, 2.75) is 17.9 Å². The van der Waals surface area contributed by atoms with Crippen LogP contribution in [0.5, 0.6) is 0 Å². The van der Waals surface area contributed by atoms with Crippen molar-refractivity contribution < 1.29 is 8.42 Å². The number of likely N-dealkylation sites (N-methyl/N-ethyl adjacent to an activating group) is 1. The van der Waals surface area contributed by atoms with Crippen molar-refractivity contribution in [1.82, 2.24) is 9.21 Å². The maximum absolute atomic E-state index is 12.6. The number of halogens is 2. The molecule has 0 spiro atoms. The molecule has 0 aliphatic carbocycles. The second kappa shape index (κ2) is 5.69. The molecule has 4 nitrogen and oxygen atoms in total. The van der Waals surface area contributed by atoms with E-state index in [1.807, 2.05) is 14.0 Å². The molecule has 0 saturated carbocycles. The van der Waals surface area contributed by atoms with Gasteiger partial charge in [-0.15, -0.1) is 0 Å². The third kappa shape index (κ3) is 3.13. The van der Waals surface area contributed by atoms with E-state index in [0.717, 1.165) is 13.1 Å². The van der Waals surface area contributed by atoms with Gasteiger partial charge in [0.05, 0.1) is 9.92 Å². The molecule has 1 aliphatic heterocycles. The minimum absolute atomic E-state index is 0.0294. The highest BCUT2D eigenvalue weighted by Crippen LogP contribution is 2.28. The maximum atomic E-state index is 12.6. The van der Waals surface area contributed by atoms with Gasteiger partial charge in [0.15, 0.2) is 0 Å². The van der Waals surface area contributed by atoms with Crippen molar-refractivity contribution in [1.29, 1.82) is 0 Å². The SMILES string of the molecule is CC1CN(C)CCN1S(=O)(=O)c1ccc(Cl)c(Br)c1. The van der Waals surface area contributed by atoms with Crippen LogP contribution in [0.25, 0.3) is 0 Å². The molecule has 19 heavy (non-hydrogen) atoms. The van der Waals surface area contributed by atoms with Gasteiger partial charge in [0.25, 0.3) is 0 Å². The van der Waals surface area contributed by atoms with Gasteiger partial charge in [0.2, 0.25) is 10.0 Å². The Hall–Kier alpha value is -0.140. The smallest absolute Gasteiger partial charge is 0.243 e. The molecule has 1 aromatic rings. The van der Waals surface area contributed by atoms with E-state index in [9.17, 15) is 8.42 Å². The largest absolute Gasteiger partial charge is 0.303 e. The molecule has 7 heteroatoms. The molecular weight excluding hydrogens is 352 g/mol. The van der Waals surface area contributed by atoms with Gasteiger partial charge in [0.1, 0.15) is 0 Å². The van der Waals surface area contributed by atoms with Crippen LogP contribution in [0, 0.1) is 0 Å². The first-order valence-electron chi connectivity index (χ1n) is 5.98. The summed E-state index contributed by atoms with van der Waals surface area (Å²) in [7, 11) is -1.46. The Bertz CT molecular complexity index is 579. The lowest BCUT2D eigenvalue weighted by molar-refractivity contribution is 0.170. The van der Waals surface area contributed by atoms with E-state index in [0.29, 0.717) is 16.0 Å². The van der Waals surface area contributed by atoms with Crippen LogP contribution in [-0.4, -0.2) is 50.3 Å². The van der Waals surface area contributed by atoms with Crippen LogP contribution in [0.15, 0.2) is 27.6 Å².